The minimum Gasteiger partial charge on any atom is -0.497 e. The topological polar surface area (TPSA) is 81.4 Å². The molecule has 7 nitrogen and oxygen atoms in total. The van der Waals surface area contributed by atoms with Gasteiger partial charge in [-0.05, 0) is 60.2 Å². The molecule has 32 heavy (non-hydrogen) atoms. The fourth-order valence-corrected chi connectivity index (χ4v) is 5.05. The van der Waals surface area contributed by atoms with Crippen LogP contribution in [0.15, 0.2) is 65.2 Å². The van der Waals surface area contributed by atoms with E-state index in [1.54, 1.807) is 7.11 Å². The number of fused-ring (bicyclic) bond motifs is 6. The molecular weight excluding hydrogens is 424 g/mol. The van der Waals surface area contributed by atoms with Gasteiger partial charge in [0.25, 0.3) is 0 Å². The van der Waals surface area contributed by atoms with E-state index in [9.17, 15) is 0 Å². The molecule has 0 spiro atoms. The van der Waals surface area contributed by atoms with E-state index in [0.717, 1.165) is 33.4 Å². The summed E-state index contributed by atoms with van der Waals surface area (Å²) in [6.45, 7) is 1.97. The molecule has 0 radical (unpaired) electrons. The number of rotatable bonds is 3. The van der Waals surface area contributed by atoms with Crippen LogP contribution in [0.4, 0.5) is 0 Å². The zero-order valence-electron chi connectivity index (χ0n) is 17.5. The van der Waals surface area contributed by atoms with Gasteiger partial charge in [0.2, 0.25) is 11.7 Å². The van der Waals surface area contributed by atoms with Crippen molar-refractivity contribution in [3.05, 3.63) is 72.1 Å². The summed E-state index contributed by atoms with van der Waals surface area (Å²) in [5.74, 6) is 2.27. The molecule has 2 aliphatic rings. The second kappa shape index (κ2) is 6.93. The van der Waals surface area contributed by atoms with Crippen molar-refractivity contribution in [1.82, 2.24) is 20.8 Å². The molecule has 0 saturated carbocycles. The molecule has 1 fully saturated rings. The van der Waals surface area contributed by atoms with E-state index in [0.29, 0.717) is 16.8 Å². The highest BCUT2D eigenvalue weighted by atomic mass is 32.1. The van der Waals surface area contributed by atoms with Gasteiger partial charge in [0.05, 0.1) is 13.2 Å². The Morgan fingerprint density at radius 3 is 2.69 bits per heavy atom. The highest BCUT2D eigenvalue weighted by Gasteiger charge is 2.55. The number of methoxy groups -OCH3 is 1. The van der Waals surface area contributed by atoms with Crippen molar-refractivity contribution < 1.29 is 14.0 Å². The normalized spacial score (nSPS) is 23.6. The Labute approximate surface area is 189 Å². The molecule has 160 valence electrons. The van der Waals surface area contributed by atoms with Gasteiger partial charge in [-0.3, -0.25) is 0 Å². The lowest BCUT2D eigenvalue weighted by Gasteiger charge is -2.50. The van der Waals surface area contributed by atoms with Crippen LogP contribution >= 0.6 is 12.2 Å². The monoisotopic (exact) mass is 444 g/mol. The van der Waals surface area contributed by atoms with Crippen LogP contribution in [0, 0.1) is 0 Å². The molecule has 2 aliphatic heterocycles. The van der Waals surface area contributed by atoms with Gasteiger partial charge in [0.15, 0.2) is 10.8 Å². The van der Waals surface area contributed by atoms with Crippen molar-refractivity contribution in [3.63, 3.8) is 0 Å². The van der Waals surface area contributed by atoms with Crippen LogP contribution in [0.5, 0.6) is 11.5 Å². The van der Waals surface area contributed by atoms with Crippen molar-refractivity contribution >= 4 is 28.1 Å². The average molecular weight is 445 g/mol. The van der Waals surface area contributed by atoms with Crippen LogP contribution in [-0.2, 0) is 0 Å². The number of ether oxygens (including phenoxy) is 2. The molecule has 8 heteroatoms. The largest absolute Gasteiger partial charge is 0.497 e. The third-order valence-corrected chi connectivity index (χ3v) is 6.41. The Morgan fingerprint density at radius 1 is 1.06 bits per heavy atom. The van der Waals surface area contributed by atoms with Crippen LogP contribution in [0.3, 0.4) is 0 Å². The number of aromatic nitrogens is 2. The number of thiocarbonyl (C=S) groups is 1. The number of hydrogen-bond acceptors (Lipinski definition) is 6. The van der Waals surface area contributed by atoms with E-state index >= 15 is 0 Å². The highest BCUT2D eigenvalue weighted by molar-refractivity contribution is 7.80. The Hall–Kier alpha value is -3.65. The maximum atomic E-state index is 6.50. The molecule has 3 atom stereocenters. The summed E-state index contributed by atoms with van der Waals surface area (Å²) in [6, 6.07) is 19.7. The first-order valence-electron chi connectivity index (χ1n) is 10.3. The highest BCUT2D eigenvalue weighted by Crippen LogP contribution is 2.51. The number of nitrogens with one attached hydrogen (secondary N) is 2. The van der Waals surface area contributed by atoms with Gasteiger partial charge in [0, 0.05) is 11.1 Å². The van der Waals surface area contributed by atoms with Crippen LogP contribution in [0.1, 0.15) is 30.3 Å². The summed E-state index contributed by atoms with van der Waals surface area (Å²) < 4.78 is 17.5. The summed E-state index contributed by atoms with van der Waals surface area (Å²) in [4.78, 5) is 4.74. The first-order valence-corrected chi connectivity index (χ1v) is 10.7. The van der Waals surface area contributed by atoms with Crippen molar-refractivity contribution in [2.75, 3.05) is 7.11 Å². The van der Waals surface area contributed by atoms with Gasteiger partial charge in [-0.25, -0.2) is 0 Å². The lowest BCUT2D eigenvalue weighted by molar-refractivity contribution is -0.00961. The molecule has 1 saturated heterocycles. The van der Waals surface area contributed by atoms with Gasteiger partial charge in [-0.15, -0.1) is 0 Å². The fourth-order valence-electron chi connectivity index (χ4n) is 4.72. The molecule has 3 aromatic carbocycles. The molecule has 6 rings (SSSR count). The summed E-state index contributed by atoms with van der Waals surface area (Å²) in [5.41, 5.74) is 1.04. The Morgan fingerprint density at radius 2 is 1.88 bits per heavy atom. The minimum atomic E-state index is -0.841. The van der Waals surface area contributed by atoms with Crippen LogP contribution in [0.2, 0.25) is 0 Å². The lowest BCUT2D eigenvalue weighted by atomic mass is 9.79. The molecule has 0 unspecified atom stereocenters. The standard InChI is InChI=1S/C24H20N4O3S/c1-24-19(22-26-21(28-31-22)14-7-10-15(29-2)11-8-14)20(25-23(32)27-24)18-16-6-4-3-5-13(16)9-12-17(18)30-24/h3-12,19-20H,1-2H3,(H2,25,27,32)/t19-,20-,24-/m0/s1. The number of nitrogens with zero attached hydrogens (tertiary/aromatic N) is 2. The molecule has 3 heterocycles. The van der Waals surface area contributed by atoms with Crippen LogP contribution in [0.25, 0.3) is 22.2 Å². The molecular formula is C24H20N4O3S. The molecule has 2 bridgehead atoms. The smallest absolute Gasteiger partial charge is 0.238 e. The maximum Gasteiger partial charge on any atom is 0.238 e. The first-order chi connectivity index (χ1) is 15.6. The van der Waals surface area contributed by atoms with E-state index in [2.05, 4.69) is 34.0 Å². The van der Waals surface area contributed by atoms with Gasteiger partial charge >= 0.3 is 0 Å². The zero-order chi connectivity index (χ0) is 21.9. The van der Waals surface area contributed by atoms with E-state index in [-0.39, 0.29) is 12.0 Å². The Bertz CT molecular complexity index is 1350. The minimum absolute atomic E-state index is 0.187. The van der Waals surface area contributed by atoms with E-state index < -0.39 is 5.72 Å². The third-order valence-electron chi connectivity index (χ3n) is 6.19. The van der Waals surface area contributed by atoms with Gasteiger partial charge in [-0.1, -0.05) is 35.5 Å². The van der Waals surface area contributed by atoms with Gasteiger partial charge < -0.3 is 24.6 Å². The molecule has 1 aromatic heterocycles. The van der Waals surface area contributed by atoms with Crippen molar-refractivity contribution in [2.45, 2.75) is 24.6 Å². The molecule has 2 N–H and O–H groups in total. The summed E-state index contributed by atoms with van der Waals surface area (Å²) in [7, 11) is 1.63. The van der Waals surface area contributed by atoms with Gasteiger partial charge in [-0.2, -0.15) is 4.98 Å². The summed E-state index contributed by atoms with van der Waals surface area (Å²) in [6.07, 6.45) is 0. The summed E-state index contributed by atoms with van der Waals surface area (Å²) in [5, 5.41) is 13.7. The third kappa shape index (κ3) is 2.83. The van der Waals surface area contributed by atoms with Crippen LogP contribution < -0.4 is 20.1 Å². The molecule has 0 aliphatic carbocycles. The van der Waals surface area contributed by atoms with Gasteiger partial charge in [0.1, 0.15) is 17.4 Å². The average Bonchev–Trinajstić information content (AvgIpc) is 3.27. The Balaban J connectivity index is 1.48. The zero-order valence-corrected chi connectivity index (χ0v) is 18.3. The van der Waals surface area contributed by atoms with E-state index in [4.69, 9.17) is 31.2 Å². The molecule has 0 amide bonds. The first kappa shape index (κ1) is 19.1. The SMILES string of the molecule is COc1ccc(-c2noc([C@@H]3[C@H]4NC(=S)N[C@@]3(C)Oc3ccc5ccccc5c34)n2)cc1. The predicted octanol–water partition coefficient (Wildman–Crippen LogP) is 4.31. The van der Waals surface area contributed by atoms with Crippen molar-refractivity contribution in [3.8, 4) is 22.9 Å². The Kier molecular flexibility index (Phi) is 4.13. The quantitative estimate of drug-likeness (QED) is 0.453. The van der Waals surface area contributed by atoms with Crippen LogP contribution in [-0.4, -0.2) is 28.1 Å². The maximum absolute atomic E-state index is 6.50. The van der Waals surface area contributed by atoms with E-state index in [1.807, 2.05) is 49.4 Å². The fraction of sp³-hybridized carbons (Fsp3) is 0.208. The lowest BCUT2D eigenvalue weighted by Crippen LogP contribution is -2.67. The number of benzene rings is 3. The van der Waals surface area contributed by atoms with Crippen molar-refractivity contribution in [2.24, 2.45) is 0 Å². The second-order valence-corrected chi connectivity index (χ2v) is 8.55. The second-order valence-electron chi connectivity index (χ2n) is 8.15. The molecule has 4 aromatic rings. The van der Waals surface area contributed by atoms with Crippen molar-refractivity contribution in [1.29, 1.82) is 0 Å². The number of hydrogen-bond donors (Lipinski definition) is 2. The predicted molar refractivity (Wildman–Crippen MR) is 124 cm³/mol. The van der Waals surface area contributed by atoms with E-state index in [1.165, 1.54) is 0 Å². The summed E-state index contributed by atoms with van der Waals surface area (Å²) >= 11 is 5.51.